The van der Waals surface area contributed by atoms with Crippen LogP contribution in [0.4, 0.5) is 13.2 Å². The van der Waals surface area contributed by atoms with Crippen LogP contribution in [0, 0.1) is 24.4 Å². The van der Waals surface area contributed by atoms with Gasteiger partial charge in [0.25, 0.3) is 0 Å². The van der Waals surface area contributed by atoms with Gasteiger partial charge in [-0.05, 0) is 54.0 Å². The van der Waals surface area contributed by atoms with Gasteiger partial charge in [-0.1, -0.05) is 12.1 Å². The van der Waals surface area contributed by atoms with E-state index in [4.69, 9.17) is 0 Å². The number of aryl methyl sites for hydroxylation is 1. The van der Waals surface area contributed by atoms with E-state index in [1.165, 1.54) is 6.92 Å². The summed E-state index contributed by atoms with van der Waals surface area (Å²) in [5.41, 5.74) is 2.58. The molecule has 0 N–H and O–H groups in total. The first-order valence-corrected chi connectivity index (χ1v) is 6.41. The molecule has 0 heterocycles. The Labute approximate surface area is 108 Å². The van der Waals surface area contributed by atoms with Gasteiger partial charge in [-0.25, -0.2) is 13.2 Å². The standard InChI is InChI=1S/C16H11F3/c1-7-6-11-10-5-4-9(8-2-3-8)15(18)12(10)13(11)16(19)14(7)17/h4-6,8H,2-3H2,1H3. The second kappa shape index (κ2) is 3.41. The van der Waals surface area contributed by atoms with Gasteiger partial charge < -0.3 is 0 Å². The summed E-state index contributed by atoms with van der Waals surface area (Å²) in [4.78, 5) is 0. The second-order valence-electron chi connectivity index (χ2n) is 5.41. The molecule has 3 heteroatoms. The van der Waals surface area contributed by atoms with E-state index in [-0.39, 0.29) is 28.4 Å². The summed E-state index contributed by atoms with van der Waals surface area (Å²) in [6.45, 7) is 1.52. The van der Waals surface area contributed by atoms with Crippen molar-refractivity contribution in [2.45, 2.75) is 25.7 Å². The Morgan fingerprint density at radius 3 is 2.26 bits per heavy atom. The molecule has 0 aromatic heterocycles. The second-order valence-corrected chi connectivity index (χ2v) is 5.41. The first kappa shape index (κ1) is 11.1. The average molecular weight is 260 g/mol. The molecule has 0 unspecified atom stereocenters. The Morgan fingerprint density at radius 2 is 1.58 bits per heavy atom. The van der Waals surface area contributed by atoms with E-state index < -0.39 is 11.6 Å². The van der Waals surface area contributed by atoms with Crippen LogP contribution in [0.5, 0.6) is 0 Å². The minimum Gasteiger partial charge on any atom is -0.206 e. The van der Waals surface area contributed by atoms with E-state index in [1.807, 2.05) is 6.07 Å². The van der Waals surface area contributed by atoms with E-state index in [0.717, 1.165) is 12.8 Å². The van der Waals surface area contributed by atoms with Crippen molar-refractivity contribution < 1.29 is 13.2 Å². The van der Waals surface area contributed by atoms with Gasteiger partial charge in [0.1, 0.15) is 5.82 Å². The highest BCUT2D eigenvalue weighted by Crippen LogP contribution is 2.53. The van der Waals surface area contributed by atoms with Crippen LogP contribution < -0.4 is 0 Å². The lowest BCUT2D eigenvalue weighted by atomic mass is 9.77. The fourth-order valence-electron chi connectivity index (χ4n) is 2.92. The zero-order chi connectivity index (χ0) is 13.3. The zero-order valence-corrected chi connectivity index (χ0v) is 10.4. The Morgan fingerprint density at radius 1 is 0.895 bits per heavy atom. The molecule has 2 aromatic carbocycles. The minimum atomic E-state index is -0.922. The van der Waals surface area contributed by atoms with Crippen LogP contribution in [0.2, 0.25) is 0 Å². The van der Waals surface area contributed by atoms with Crippen LogP contribution in [0.1, 0.15) is 29.9 Å². The molecule has 0 atom stereocenters. The number of halogens is 3. The van der Waals surface area contributed by atoms with Gasteiger partial charge in [0.15, 0.2) is 11.6 Å². The van der Waals surface area contributed by atoms with Gasteiger partial charge in [0.2, 0.25) is 0 Å². The lowest BCUT2D eigenvalue weighted by molar-refractivity contribution is 0.504. The number of fused-ring (bicyclic) bond motifs is 4. The van der Waals surface area contributed by atoms with Crippen LogP contribution in [0.25, 0.3) is 22.3 Å². The van der Waals surface area contributed by atoms with E-state index in [0.29, 0.717) is 16.7 Å². The van der Waals surface area contributed by atoms with Crippen LogP contribution in [0.15, 0.2) is 18.2 Å². The number of rotatable bonds is 1. The fraction of sp³-hybridized carbons (Fsp3) is 0.250. The van der Waals surface area contributed by atoms with Crippen LogP contribution in [-0.2, 0) is 0 Å². The summed E-state index contributed by atoms with van der Waals surface area (Å²) in [6, 6.07) is 5.20. The van der Waals surface area contributed by atoms with Crippen molar-refractivity contribution in [2.24, 2.45) is 0 Å². The topological polar surface area (TPSA) is 0 Å². The van der Waals surface area contributed by atoms with Crippen molar-refractivity contribution in [3.05, 3.63) is 46.8 Å². The number of hydrogen-bond donors (Lipinski definition) is 0. The largest absolute Gasteiger partial charge is 0.206 e. The van der Waals surface area contributed by atoms with Crippen molar-refractivity contribution in [1.29, 1.82) is 0 Å². The minimum absolute atomic E-state index is 0.109. The number of benzene rings is 2. The van der Waals surface area contributed by atoms with Crippen LogP contribution >= 0.6 is 0 Å². The van der Waals surface area contributed by atoms with Crippen molar-refractivity contribution >= 4 is 0 Å². The Balaban J connectivity index is 1.98. The fourth-order valence-corrected chi connectivity index (χ4v) is 2.92. The average Bonchev–Trinajstić information content (AvgIpc) is 3.18. The molecule has 1 fully saturated rings. The van der Waals surface area contributed by atoms with E-state index in [2.05, 4.69) is 0 Å². The Kier molecular flexibility index (Phi) is 1.99. The van der Waals surface area contributed by atoms with Crippen molar-refractivity contribution in [3.63, 3.8) is 0 Å². The molecule has 0 saturated heterocycles. The summed E-state index contributed by atoms with van der Waals surface area (Å²) >= 11 is 0. The Hall–Kier alpha value is -1.77. The highest BCUT2D eigenvalue weighted by Gasteiger charge is 2.36. The summed E-state index contributed by atoms with van der Waals surface area (Å²) in [6.07, 6.45) is 1.96. The lowest BCUT2D eigenvalue weighted by Crippen LogP contribution is -2.09. The lowest BCUT2D eigenvalue weighted by Gasteiger charge is -2.27. The van der Waals surface area contributed by atoms with E-state index >= 15 is 0 Å². The van der Waals surface area contributed by atoms with Crippen molar-refractivity contribution in [1.82, 2.24) is 0 Å². The molecule has 2 aliphatic rings. The first-order chi connectivity index (χ1) is 9.09. The van der Waals surface area contributed by atoms with Crippen molar-refractivity contribution in [2.75, 3.05) is 0 Å². The quantitative estimate of drug-likeness (QED) is 0.581. The highest BCUT2D eigenvalue weighted by molar-refractivity contribution is 6.03. The van der Waals surface area contributed by atoms with Crippen LogP contribution in [-0.4, -0.2) is 0 Å². The van der Waals surface area contributed by atoms with Gasteiger partial charge >= 0.3 is 0 Å². The molecule has 4 rings (SSSR count). The van der Waals surface area contributed by atoms with Crippen molar-refractivity contribution in [3.8, 4) is 22.3 Å². The first-order valence-electron chi connectivity index (χ1n) is 6.41. The van der Waals surface area contributed by atoms with E-state index in [9.17, 15) is 13.2 Å². The molecule has 1 saturated carbocycles. The SMILES string of the molecule is Cc1cc2c(c(F)c1F)-c1c-2ccc(C2CC2)c1F. The predicted octanol–water partition coefficient (Wildman–Crippen LogP) is 4.94. The van der Waals surface area contributed by atoms with Gasteiger partial charge in [-0.15, -0.1) is 0 Å². The molecular formula is C16H11F3. The summed E-state index contributed by atoms with van der Waals surface area (Å²) in [7, 11) is 0. The summed E-state index contributed by atoms with van der Waals surface area (Å²) in [5, 5.41) is 0. The molecule has 19 heavy (non-hydrogen) atoms. The maximum Gasteiger partial charge on any atom is 0.167 e. The molecule has 0 radical (unpaired) electrons. The summed E-state index contributed by atoms with van der Waals surface area (Å²) in [5.74, 6) is -1.91. The molecule has 0 nitrogen and oxygen atoms in total. The monoisotopic (exact) mass is 260 g/mol. The van der Waals surface area contributed by atoms with E-state index in [1.54, 1.807) is 12.1 Å². The molecule has 0 aliphatic heterocycles. The third-order valence-corrected chi connectivity index (χ3v) is 4.12. The van der Waals surface area contributed by atoms with Gasteiger partial charge in [-0.3, -0.25) is 0 Å². The Bertz CT molecular complexity index is 728. The zero-order valence-electron chi connectivity index (χ0n) is 10.4. The maximum atomic E-state index is 14.4. The third-order valence-electron chi connectivity index (χ3n) is 4.12. The van der Waals surface area contributed by atoms with Gasteiger partial charge in [0.05, 0.1) is 0 Å². The molecule has 2 aromatic rings. The normalized spacial score (nSPS) is 15.8. The maximum absolute atomic E-state index is 14.4. The molecule has 96 valence electrons. The van der Waals surface area contributed by atoms with Gasteiger partial charge in [0, 0.05) is 11.1 Å². The van der Waals surface area contributed by atoms with Crippen LogP contribution in [0.3, 0.4) is 0 Å². The third kappa shape index (κ3) is 1.30. The molecular weight excluding hydrogens is 249 g/mol. The molecule has 0 bridgehead atoms. The van der Waals surface area contributed by atoms with Gasteiger partial charge in [-0.2, -0.15) is 0 Å². The molecule has 0 amide bonds. The molecule has 0 spiro atoms. The number of hydrogen-bond acceptors (Lipinski definition) is 0. The molecule has 2 aliphatic carbocycles. The predicted molar refractivity (Wildman–Crippen MR) is 67.5 cm³/mol. The smallest absolute Gasteiger partial charge is 0.167 e. The summed E-state index contributed by atoms with van der Waals surface area (Å²) < 4.78 is 42.0. The highest BCUT2D eigenvalue weighted by atomic mass is 19.2.